The summed E-state index contributed by atoms with van der Waals surface area (Å²) in [6.45, 7) is 0. The van der Waals surface area contributed by atoms with Gasteiger partial charge in [-0.05, 0) is 23.6 Å². The van der Waals surface area contributed by atoms with Gasteiger partial charge in [0.1, 0.15) is 0 Å². The second-order valence-electron chi connectivity index (χ2n) is 2.50. The standard InChI is InChI=1S/C10H8N/c11-10-7-3-5-8-4-1-2-6-9(8)10/h1-2,4-7H,11H2. The second-order valence-corrected chi connectivity index (χ2v) is 2.50. The van der Waals surface area contributed by atoms with Crippen molar-refractivity contribution in [3.63, 3.8) is 0 Å². The Morgan fingerprint density at radius 3 is 2.73 bits per heavy atom. The van der Waals surface area contributed by atoms with Gasteiger partial charge in [-0.3, -0.25) is 0 Å². The molecule has 0 aliphatic carbocycles. The van der Waals surface area contributed by atoms with Gasteiger partial charge in [-0.25, -0.2) is 0 Å². The zero-order valence-electron chi connectivity index (χ0n) is 6.04. The molecule has 0 fully saturated rings. The van der Waals surface area contributed by atoms with Crippen molar-refractivity contribution in [1.82, 2.24) is 0 Å². The van der Waals surface area contributed by atoms with Gasteiger partial charge in [0.2, 0.25) is 0 Å². The molecule has 0 saturated carbocycles. The number of hydrogen-bond acceptors (Lipinski definition) is 1. The molecule has 0 unspecified atom stereocenters. The molecule has 0 aromatic heterocycles. The van der Waals surface area contributed by atoms with Crippen LogP contribution in [0.5, 0.6) is 0 Å². The third-order valence-electron chi connectivity index (χ3n) is 1.75. The van der Waals surface area contributed by atoms with E-state index in [4.69, 9.17) is 5.73 Å². The van der Waals surface area contributed by atoms with Gasteiger partial charge < -0.3 is 5.73 Å². The van der Waals surface area contributed by atoms with Crippen molar-refractivity contribution in [2.24, 2.45) is 0 Å². The molecule has 0 aliphatic rings. The van der Waals surface area contributed by atoms with Crippen molar-refractivity contribution >= 4 is 16.5 Å². The van der Waals surface area contributed by atoms with Crippen LogP contribution in [0.2, 0.25) is 0 Å². The Morgan fingerprint density at radius 1 is 1.09 bits per heavy atom. The molecule has 2 aromatic carbocycles. The van der Waals surface area contributed by atoms with E-state index >= 15 is 0 Å². The summed E-state index contributed by atoms with van der Waals surface area (Å²) in [5.41, 5.74) is 6.52. The Bertz CT molecular complexity index is 374. The van der Waals surface area contributed by atoms with Crippen LogP contribution in [0.15, 0.2) is 36.4 Å². The number of benzene rings is 2. The quantitative estimate of drug-likeness (QED) is 0.561. The van der Waals surface area contributed by atoms with Gasteiger partial charge in [0.05, 0.1) is 0 Å². The van der Waals surface area contributed by atoms with Gasteiger partial charge in [0.15, 0.2) is 0 Å². The molecule has 0 spiro atoms. The molecule has 1 heteroatoms. The highest BCUT2D eigenvalue weighted by atomic mass is 14.5. The van der Waals surface area contributed by atoms with Crippen molar-refractivity contribution in [2.75, 3.05) is 5.73 Å². The van der Waals surface area contributed by atoms with E-state index < -0.39 is 0 Å². The summed E-state index contributed by atoms with van der Waals surface area (Å²) in [7, 11) is 0. The lowest BCUT2D eigenvalue weighted by Crippen LogP contribution is -1.85. The van der Waals surface area contributed by atoms with E-state index in [1.807, 2.05) is 30.3 Å². The van der Waals surface area contributed by atoms with Gasteiger partial charge in [-0.15, -0.1) is 0 Å². The Balaban J connectivity index is 2.91. The molecule has 2 N–H and O–H groups in total. The van der Waals surface area contributed by atoms with E-state index in [-0.39, 0.29) is 0 Å². The molecular formula is C10H8N. The van der Waals surface area contributed by atoms with Crippen LogP contribution in [0.3, 0.4) is 0 Å². The van der Waals surface area contributed by atoms with E-state index in [0.717, 1.165) is 16.5 Å². The van der Waals surface area contributed by atoms with Crippen LogP contribution in [0.1, 0.15) is 0 Å². The highest BCUT2D eigenvalue weighted by Crippen LogP contribution is 2.18. The number of rotatable bonds is 0. The van der Waals surface area contributed by atoms with E-state index in [1.165, 1.54) is 0 Å². The number of nitrogens with two attached hydrogens (primary N) is 1. The van der Waals surface area contributed by atoms with Crippen LogP contribution in [0, 0.1) is 6.07 Å². The van der Waals surface area contributed by atoms with Gasteiger partial charge in [-0.2, -0.15) is 0 Å². The molecule has 0 atom stereocenters. The largest absolute Gasteiger partial charge is 0.398 e. The minimum absolute atomic E-state index is 0.795. The molecule has 0 heterocycles. The first kappa shape index (κ1) is 6.23. The average Bonchev–Trinajstić information content (AvgIpc) is 2.06. The van der Waals surface area contributed by atoms with E-state index in [2.05, 4.69) is 6.07 Å². The van der Waals surface area contributed by atoms with Crippen LogP contribution in [-0.2, 0) is 0 Å². The summed E-state index contributed by atoms with van der Waals surface area (Å²) in [5.74, 6) is 0. The fourth-order valence-electron chi connectivity index (χ4n) is 1.18. The smallest absolute Gasteiger partial charge is 0.0399 e. The SMILES string of the molecule is Nc1c[c]cc2ccccc12. The van der Waals surface area contributed by atoms with Crippen LogP contribution in [-0.4, -0.2) is 0 Å². The Morgan fingerprint density at radius 2 is 1.91 bits per heavy atom. The van der Waals surface area contributed by atoms with Crippen LogP contribution in [0.25, 0.3) is 10.8 Å². The number of nitrogen functional groups attached to an aromatic ring is 1. The van der Waals surface area contributed by atoms with Gasteiger partial charge >= 0.3 is 0 Å². The number of hydrogen-bond donors (Lipinski definition) is 1. The summed E-state index contributed by atoms with van der Waals surface area (Å²) >= 11 is 0. The molecule has 2 aromatic rings. The minimum Gasteiger partial charge on any atom is -0.398 e. The Hall–Kier alpha value is -1.50. The fraction of sp³-hybridized carbons (Fsp3) is 0. The number of anilines is 1. The predicted molar refractivity (Wildman–Crippen MR) is 47.2 cm³/mol. The van der Waals surface area contributed by atoms with Crippen molar-refractivity contribution in [3.05, 3.63) is 42.5 Å². The maximum absolute atomic E-state index is 5.72. The minimum atomic E-state index is 0.795. The monoisotopic (exact) mass is 142 g/mol. The molecule has 0 aliphatic heterocycles. The summed E-state index contributed by atoms with van der Waals surface area (Å²) in [5, 5.41) is 2.25. The molecule has 1 nitrogen and oxygen atoms in total. The highest BCUT2D eigenvalue weighted by molar-refractivity contribution is 5.92. The van der Waals surface area contributed by atoms with Crippen LogP contribution >= 0.6 is 0 Å². The zero-order valence-corrected chi connectivity index (χ0v) is 6.04. The first-order valence-corrected chi connectivity index (χ1v) is 3.52. The summed E-state index contributed by atoms with van der Waals surface area (Å²) in [6, 6.07) is 14.7. The third kappa shape index (κ3) is 0.944. The van der Waals surface area contributed by atoms with E-state index in [9.17, 15) is 0 Å². The lowest BCUT2D eigenvalue weighted by molar-refractivity contribution is 1.72. The lowest BCUT2D eigenvalue weighted by Gasteiger charge is -1.98. The Labute approximate surface area is 65.5 Å². The summed E-state index contributed by atoms with van der Waals surface area (Å²) in [6.07, 6.45) is 0. The van der Waals surface area contributed by atoms with Gasteiger partial charge in [-0.1, -0.05) is 24.3 Å². The molecular weight excluding hydrogens is 134 g/mol. The van der Waals surface area contributed by atoms with Crippen LogP contribution in [0.4, 0.5) is 5.69 Å². The molecule has 53 valence electrons. The zero-order chi connectivity index (χ0) is 7.68. The summed E-state index contributed by atoms with van der Waals surface area (Å²) < 4.78 is 0. The van der Waals surface area contributed by atoms with Crippen LogP contribution < -0.4 is 5.73 Å². The predicted octanol–water partition coefficient (Wildman–Crippen LogP) is 2.22. The molecule has 0 saturated heterocycles. The Kier molecular flexibility index (Phi) is 1.29. The molecule has 0 amide bonds. The third-order valence-corrected chi connectivity index (χ3v) is 1.75. The first-order valence-electron chi connectivity index (χ1n) is 3.52. The number of fused-ring (bicyclic) bond motifs is 1. The highest BCUT2D eigenvalue weighted by Gasteiger charge is 1.93. The molecule has 2 rings (SSSR count). The molecule has 11 heavy (non-hydrogen) atoms. The second kappa shape index (κ2) is 2.27. The van der Waals surface area contributed by atoms with Crippen molar-refractivity contribution in [1.29, 1.82) is 0 Å². The van der Waals surface area contributed by atoms with E-state index in [0.29, 0.717) is 0 Å². The first-order chi connectivity index (χ1) is 5.38. The maximum atomic E-state index is 5.72. The van der Waals surface area contributed by atoms with Crippen molar-refractivity contribution in [3.8, 4) is 0 Å². The van der Waals surface area contributed by atoms with E-state index in [1.54, 1.807) is 6.07 Å². The lowest BCUT2D eigenvalue weighted by atomic mass is 10.1. The normalized spacial score (nSPS) is 10.2. The maximum Gasteiger partial charge on any atom is 0.0399 e. The van der Waals surface area contributed by atoms with Gasteiger partial charge in [0, 0.05) is 11.1 Å². The van der Waals surface area contributed by atoms with Crippen molar-refractivity contribution < 1.29 is 0 Å². The average molecular weight is 142 g/mol. The molecule has 1 radical (unpaired) electrons. The van der Waals surface area contributed by atoms with Crippen molar-refractivity contribution in [2.45, 2.75) is 0 Å². The van der Waals surface area contributed by atoms with Gasteiger partial charge in [0.25, 0.3) is 0 Å². The fourth-order valence-corrected chi connectivity index (χ4v) is 1.18. The molecule has 0 bridgehead atoms. The summed E-state index contributed by atoms with van der Waals surface area (Å²) in [4.78, 5) is 0. The topological polar surface area (TPSA) is 26.0 Å².